The zero-order valence-corrected chi connectivity index (χ0v) is 9.17. The van der Waals surface area contributed by atoms with Crippen molar-refractivity contribution in [2.45, 2.75) is 24.6 Å². The summed E-state index contributed by atoms with van der Waals surface area (Å²) in [7, 11) is -5.37. The number of halogens is 3. The molecule has 0 amide bonds. The van der Waals surface area contributed by atoms with Crippen LogP contribution in [-0.4, -0.2) is 21.6 Å². The van der Waals surface area contributed by atoms with Crippen LogP contribution in [0.5, 0.6) is 0 Å². The third kappa shape index (κ3) is 4.09. The molecule has 16 heavy (non-hydrogen) atoms. The van der Waals surface area contributed by atoms with Crippen molar-refractivity contribution < 1.29 is 32.0 Å². The van der Waals surface area contributed by atoms with Crippen LogP contribution in [0.15, 0.2) is 25.3 Å². The molecular weight excluding hydrogens is 248 g/mol. The summed E-state index contributed by atoms with van der Waals surface area (Å²) in [5.74, 6) is -7.91. The fourth-order valence-electron chi connectivity index (χ4n) is 0.961. The minimum absolute atomic E-state index is 0.723. The molecule has 0 aromatic heterocycles. The molecule has 1 unspecified atom stereocenters. The average molecular weight is 260 g/mol. The molecule has 0 saturated carbocycles. The summed E-state index contributed by atoms with van der Waals surface area (Å²) in [6.07, 6.45) is -0.705. The zero-order valence-electron chi connectivity index (χ0n) is 8.28. The summed E-state index contributed by atoms with van der Waals surface area (Å²) in [5, 5.41) is 0. The number of phosphoric ester groups is 1. The monoisotopic (exact) mass is 260 g/mol. The van der Waals surface area contributed by atoms with E-state index in [4.69, 9.17) is 9.79 Å². The lowest BCUT2D eigenvalue weighted by Crippen LogP contribution is -2.45. The van der Waals surface area contributed by atoms with Crippen LogP contribution in [-0.2, 0) is 9.09 Å². The van der Waals surface area contributed by atoms with Gasteiger partial charge in [0, 0.05) is 12.8 Å². The fraction of sp³-hybridized carbons (Fsp3) is 0.500. The molecule has 0 aliphatic rings. The molecule has 0 radical (unpaired) electrons. The topological polar surface area (TPSA) is 66.8 Å². The van der Waals surface area contributed by atoms with Crippen LogP contribution in [0, 0.1) is 0 Å². The van der Waals surface area contributed by atoms with Crippen molar-refractivity contribution in [3.8, 4) is 0 Å². The summed E-state index contributed by atoms with van der Waals surface area (Å²) in [4.78, 5) is 16.7. The van der Waals surface area contributed by atoms with Crippen molar-refractivity contribution in [2.24, 2.45) is 0 Å². The lowest BCUT2D eigenvalue weighted by Gasteiger charge is -2.31. The first-order chi connectivity index (χ1) is 7.08. The van der Waals surface area contributed by atoms with E-state index in [1.807, 2.05) is 0 Å². The van der Waals surface area contributed by atoms with Crippen LogP contribution >= 0.6 is 7.82 Å². The predicted molar refractivity (Wildman–Crippen MR) is 51.5 cm³/mol. The Bertz CT molecular complexity index is 314. The van der Waals surface area contributed by atoms with Crippen molar-refractivity contribution in [3.63, 3.8) is 0 Å². The van der Waals surface area contributed by atoms with E-state index in [1.54, 1.807) is 0 Å². The van der Waals surface area contributed by atoms with Crippen LogP contribution in [0.2, 0.25) is 0 Å². The molecule has 0 bridgehead atoms. The predicted octanol–water partition coefficient (Wildman–Crippen LogP) is 2.55. The Balaban J connectivity index is 5.15. The summed E-state index contributed by atoms with van der Waals surface area (Å²) in [6, 6.07) is 0. The van der Waals surface area contributed by atoms with Gasteiger partial charge >= 0.3 is 13.7 Å². The molecule has 0 saturated heterocycles. The number of hydrogen-bond donors (Lipinski definition) is 2. The molecular formula is C8H12F3O4P. The highest BCUT2D eigenvalue weighted by atomic mass is 31.2. The van der Waals surface area contributed by atoms with Gasteiger partial charge in [0.2, 0.25) is 0 Å². The first-order valence-corrected chi connectivity index (χ1v) is 5.66. The van der Waals surface area contributed by atoms with E-state index in [9.17, 15) is 17.7 Å². The second-order valence-corrected chi connectivity index (χ2v) is 4.16. The molecule has 1 atom stereocenters. The Morgan fingerprint density at radius 3 is 1.94 bits per heavy atom. The highest BCUT2D eigenvalue weighted by molar-refractivity contribution is 7.46. The maximum atomic E-state index is 13.7. The number of rotatable bonds is 7. The number of phosphoric acid groups is 1. The highest BCUT2D eigenvalue weighted by Gasteiger charge is 2.57. The Morgan fingerprint density at radius 1 is 1.19 bits per heavy atom. The van der Waals surface area contributed by atoms with Crippen molar-refractivity contribution in [3.05, 3.63) is 25.3 Å². The van der Waals surface area contributed by atoms with E-state index in [1.165, 1.54) is 0 Å². The van der Waals surface area contributed by atoms with E-state index in [2.05, 4.69) is 17.7 Å². The third-order valence-corrected chi connectivity index (χ3v) is 2.14. The molecule has 0 heterocycles. The summed E-state index contributed by atoms with van der Waals surface area (Å²) in [5.41, 5.74) is 0. The molecule has 0 aliphatic carbocycles. The molecule has 2 N–H and O–H groups in total. The summed E-state index contributed by atoms with van der Waals surface area (Å²) in [6.45, 7) is 6.01. The van der Waals surface area contributed by atoms with Gasteiger partial charge in [-0.25, -0.2) is 13.5 Å². The summed E-state index contributed by atoms with van der Waals surface area (Å²) >= 11 is 0. The van der Waals surface area contributed by atoms with Crippen LogP contribution in [0.3, 0.4) is 0 Å². The lowest BCUT2D eigenvalue weighted by molar-refractivity contribution is -0.238. The van der Waals surface area contributed by atoms with Gasteiger partial charge in [-0.1, -0.05) is 12.2 Å². The molecule has 4 nitrogen and oxygen atoms in total. The van der Waals surface area contributed by atoms with Crippen LogP contribution in [0.25, 0.3) is 0 Å². The molecule has 0 aromatic rings. The molecule has 8 heteroatoms. The van der Waals surface area contributed by atoms with Gasteiger partial charge in [0.1, 0.15) is 0 Å². The first-order valence-electron chi connectivity index (χ1n) is 4.13. The lowest BCUT2D eigenvalue weighted by atomic mass is 10.0. The average Bonchev–Trinajstić information content (AvgIpc) is 2.00. The molecule has 0 aliphatic heterocycles. The van der Waals surface area contributed by atoms with Gasteiger partial charge in [0.15, 0.2) is 0 Å². The Labute approximate surface area is 90.7 Å². The number of alkyl halides is 3. The highest BCUT2D eigenvalue weighted by Crippen LogP contribution is 2.50. The molecule has 0 spiro atoms. The van der Waals surface area contributed by atoms with Crippen LogP contribution in [0.1, 0.15) is 12.8 Å². The number of hydrogen-bond acceptors (Lipinski definition) is 2. The quantitative estimate of drug-likeness (QED) is 0.545. The van der Waals surface area contributed by atoms with Gasteiger partial charge < -0.3 is 9.79 Å². The van der Waals surface area contributed by atoms with Crippen LogP contribution < -0.4 is 0 Å². The standard InChI is InChI=1S/C8H12F3O4P/c1-3-5-7(9,10)8(11,6-4-2)15-16(12,13)14/h3-4H,1-2,5-6H2,(H2,12,13,14). The van der Waals surface area contributed by atoms with Crippen molar-refractivity contribution in [1.29, 1.82) is 0 Å². The minimum Gasteiger partial charge on any atom is -0.303 e. The van der Waals surface area contributed by atoms with Crippen molar-refractivity contribution >= 4 is 7.82 Å². The first kappa shape index (κ1) is 15.4. The Kier molecular flexibility index (Phi) is 4.94. The molecule has 0 aromatic carbocycles. The van der Waals surface area contributed by atoms with Gasteiger partial charge in [0.05, 0.1) is 0 Å². The smallest absolute Gasteiger partial charge is 0.303 e. The Hall–Kier alpha value is -0.620. The molecule has 0 fully saturated rings. The molecule has 94 valence electrons. The fourth-order valence-corrected chi connectivity index (χ4v) is 1.55. The largest absolute Gasteiger partial charge is 0.472 e. The van der Waals surface area contributed by atoms with E-state index in [0.29, 0.717) is 0 Å². The van der Waals surface area contributed by atoms with Crippen molar-refractivity contribution in [2.75, 3.05) is 0 Å². The van der Waals surface area contributed by atoms with Gasteiger partial charge in [-0.05, 0) is 0 Å². The number of allylic oxidation sites excluding steroid dienone is 1. The minimum atomic E-state index is -5.37. The Morgan fingerprint density at radius 2 is 1.62 bits per heavy atom. The van der Waals surface area contributed by atoms with E-state index >= 15 is 0 Å². The van der Waals surface area contributed by atoms with Crippen LogP contribution in [0.4, 0.5) is 13.2 Å². The maximum Gasteiger partial charge on any atom is 0.472 e. The zero-order chi connectivity index (χ0) is 13.0. The second kappa shape index (κ2) is 5.14. The second-order valence-electron chi connectivity index (χ2n) is 3.00. The van der Waals surface area contributed by atoms with Gasteiger partial charge in [0.25, 0.3) is 5.85 Å². The SMILES string of the molecule is C=CCC(F)(F)C(F)(CC=C)OP(=O)(O)O. The van der Waals surface area contributed by atoms with E-state index in [-0.39, 0.29) is 0 Å². The molecule has 0 rings (SSSR count). The van der Waals surface area contributed by atoms with Gasteiger partial charge in [-0.3, -0.25) is 0 Å². The van der Waals surface area contributed by atoms with E-state index < -0.39 is 32.4 Å². The summed E-state index contributed by atoms with van der Waals surface area (Å²) < 4.78 is 54.1. The van der Waals surface area contributed by atoms with Gasteiger partial charge in [-0.2, -0.15) is 8.78 Å². The normalized spacial score (nSPS) is 16.6. The van der Waals surface area contributed by atoms with Gasteiger partial charge in [-0.15, -0.1) is 13.2 Å². The van der Waals surface area contributed by atoms with E-state index in [0.717, 1.165) is 12.2 Å². The van der Waals surface area contributed by atoms with Crippen molar-refractivity contribution in [1.82, 2.24) is 0 Å². The third-order valence-electron chi connectivity index (χ3n) is 1.62. The maximum absolute atomic E-state index is 13.7.